The Morgan fingerprint density at radius 3 is 3.04 bits per heavy atom. The van der Waals surface area contributed by atoms with Gasteiger partial charge in [0.2, 0.25) is 0 Å². The number of likely N-dealkylation sites (N-methyl/N-ethyl adjacent to an activating group) is 1. The van der Waals surface area contributed by atoms with Crippen molar-refractivity contribution in [1.29, 1.82) is 0 Å². The van der Waals surface area contributed by atoms with Crippen molar-refractivity contribution in [3.63, 3.8) is 0 Å². The number of thiazole rings is 1. The van der Waals surface area contributed by atoms with E-state index in [9.17, 15) is 9.18 Å². The summed E-state index contributed by atoms with van der Waals surface area (Å²) in [7, 11) is 1.86. The van der Waals surface area contributed by atoms with Crippen LogP contribution in [0.25, 0.3) is 10.2 Å². The van der Waals surface area contributed by atoms with E-state index >= 15 is 0 Å². The predicted octanol–water partition coefficient (Wildman–Crippen LogP) is 2.81. The second-order valence-electron chi connectivity index (χ2n) is 5.97. The Morgan fingerprint density at radius 2 is 2.30 bits per heavy atom. The van der Waals surface area contributed by atoms with Gasteiger partial charge in [0.1, 0.15) is 5.82 Å². The summed E-state index contributed by atoms with van der Waals surface area (Å²) in [5.74, 6) is -1.02. The molecule has 0 spiro atoms. The fourth-order valence-corrected chi connectivity index (χ4v) is 4.11. The maximum atomic E-state index is 13.8. The van der Waals surface area contributed by atoms with Gasteiger partial charge in [-0.3, -0.25) is 9.69 Å². The van der Waals surface area contributed by atoms with Gasteiger partial charge in [0.05, 0.1) is 16.8 Å². The molecule has 0 bridgehead atoms. The molecule has 1 aromatic heterocycles. The minimum atomic E-state index is -0.796. The Balaban J connectivity index is 1.72. The van der Waals surface area contributed by atoms with Gasteiger partial charge in [0, 0.05) is 19.1 Å². The fourth-order valence-electron chi connectivity index (χ4n) is 3.09. The average molecular weight is 337 g/mol. The first kappa shape index (κ1) is 16.1. The molecule has 1 unspecified atom stereocenters. The molecule has 1 N–H and O–H groups in total. The summed E-state index contributed by atoms with van der Waals surface area (Å²) in [6, 6.07) is 5.24. The van der Waals surface area contributed by atoms with E-state index in [0.29, 0.717) is 10.2 Å². The molecule has 1 aromatic carbocycles. The number of carbonyl (C=O) groups is 1. The van der Waals surface area contributed by atoms with Crippen LogP contribution in [-0.2, 0) is 4.79 Å². The van der Waals surface area contributed by atoms with Crippen LogP contribution < -0.4 is 4.90 Å². The summed E-state index contributed by atoms with van der Waals surface area (Å²) in [5, 5.41) is 9.78. The molecule has 3 rings (SSSR count). The predicted molar refractivity (Wildman–Crippen MR) is 89.7 cm³/mol. The third kappa shape index (κ3) is 3.61. The maximum absolute atomic E-state index is 13.8. The molecule has 7 heteroatoms. The zero-order valence-electron chi connectivity index (χ0n) is 13.0. The van der Waals surface area contributed by atoms with Gasteiger partial charge >= 0.3 is 5.97 Å². The summed E-state index contributed by atoms with van der Waals surface area (Å²) < 4.78 is 14.4. The molecule has 1 aliphatic rings. The number of aromatic nitrogens is 1. The van der Waals surface area contributed by atoms with Gasteiger partial charge in [-0.05, 0) is 38.4 Å². The third-order valence-corrected chi connectivity index (χ3v) is 5.47. The molecule has 124 valence electrons. The number of carboxylic acid groups (broad SMARTS) is 1. The van der Waals surface area contributed by atoms with Crippen molar-refractivity contribution in [2.75, 3.05) is 31.6 Å². The molecule has 2 heterocycles. The highest BCUT2D eigenvalue weighted by Crippen LogP contribution is 2.32. The first-order valence-electron chi connectivity index (χ1n) is 7.76. The topological polar surface area (TPSA) is 56.7 Å². The summed E-state index contributed by atoms with van der Waals surface area (Å²) in [6.07, 6.45) is 2.84. The molecule has 0 aliphatic carbocycles. The molecule has 1 atom stereocenters. The Bertz CT molecular complexity index is 706. The average Bonchev–Trinajstić information content (AvgIpc) is 2.78. The van der Waals surface area contributed by atoms with E-state index in [4.69, 9.17) is 5.11 Å². The van der Waals surface area contributed by atoms with Crippen molar-refractivity contribution in [2.24, 2.45) is 0 Å². The van der Waals surface area contributed by atoms with Crippen LogP contribution in [0, 0.1) is 5.82 Å². The molecule has 1 saturated heterocycles. The number of halogens is 1. The second kappa shape index (κ2) is 6.80. The third-order valence-electron chi connectivity index (χ3n) is 4.33. The zero-order valence-corrected chi connectivity index (χ0v) is 13.9. The summed E-state index contributed by atoms with van der Waals surface area (Å²) in [5.41, 5.74) is 0.703. The minimum Gasteiger partial charge on any atom is -0.480 e. The summed E-state index contributed by atoms with van der Waals surface area (Å²) in [4.78, 5) is 19.5. The number of fused-ring (bicyclic) bond motifs is 1. The lowest BCUT2D eigenvalue weighted by Crippen LogP contribution is -2.36. The molecule has 23 heavy (non-hydrogen) atoms. The lowest BCUT2D eigenvalue weighted by molar-refractivity contribution is -0.138. The molecule has 2 aromatic rings. The van der Waals surface area contributed by atoms with E-state index in [1.807, 2.05) is 18.0 Å². The van der Waals surface area contributed by atoms with E-state index in [1.54, 1.807) is 6.07 Å². The van der Waals surface area contributed by atoms with Crippen LogP contribution in [0.3, 0.4) is 0 Å². The van der Waals surface area contributed by atoms with Crippen LogP contribution in [-0.4, -0.2) is 53.7 Å². The number of carboxylic acids is 1. The lowest BCUT2D eigenvalue weighted by Gasteiger charge is -2.25. The highest BCUT2D eigenvalue weighted by molar-refractivity contribution is 7.22. The van der Waals surface area contributed by atoms with Crippen LogP contribution in [0.2, 0.25) is 0 Å². The van der Waals surface area contributed by atoms with Crippen molar-refractivity contribution >= 4 is 32.7 Å². The van der Waals surface area contributed by atoms with Crippen LogP contribution in [0.5, 0.6) is 0 Å². The lowest BCUT2D eigenvalue weighted by atomic mass is 10.1. The SMILES string of the molecule is CN(CC(=O)O)C1CCCN(c2nc3cccc(F)c3s2)CC1. The van der Waals surface area contributed by atoms with Gasteiger partial charge in [-0.1, -0.05) is 17.4 Å². The zero-order chi connectivity index (χ0) is 16.4. The Kier molecular flexibility index (Phi) is 4.77. The minimum absolute atomic E-state index is 0.0665. The Morgan fingerprint density at radius 1 is 1.48 bits per heavy atom. The molecule has 0 saturated carbocycles. The number of nitrogens with zero attached hydrogens (tertiary/aromatic N) is 3. The van der Waals surface area contributed by atoms with Gasteiger partial charge in [-0.15, -0.1) is 0 Å². The van der Waals surface area contributed by atoms with Crippen LogP contribution in [0.4, 0.5) is 9.52 Å². The van der Waals surface area contributed by atoms with E-state index < -0.39 is 5.97 Å². The number of rotatable bonds is 4. The highest BCUT2D eigenvalue weighted by atomic mass is 32.1. The number of aliphatic carboxylic acids is 1. The first-order chi connectivity index (χ1) is 11.0. The molecular formula is C16H20FN3O2S. The van der Waals surface area contributed by atoms with Crippen molar-refractivity contribution in [3.8, 4) is 0 Å². The monoisotopic (exact) mass is 337 g/mol. The largest absolute Gasteiger partial charge is 0.480 e. The quantitative estimate of drug-likeness (QED) is 0.930. The number of hydrogen-bond acceptors (Lipinski definition) is 5. The summed E-state index contributed by atoms with van der Waals surface area (Å²) in [6.45, 7) is 1.76. The Labute approximate surface area is 138 Å². The molecule has 0 radical (unpaired) electrons. The van der Waals surface area contributed by atoms with Gasteiger partial charge in [-0.25, -0.2) is 9.37 Å². The highest BCUT2D eigenvalue weighted by Gasteiger charge is 2.23. The number of hydrogen-bond donors (Lipinski definition) is 1. The molecule has 5 nitrogen and oxygen atoms in total. The fraction of sp³-hybridized carbons (Fsp3) is 0.500. The molecule has 0 amide bonds. The van der Waals surface area contributed by atoms with Crippen LogP contribution >= 0.6 is 11.3 Å². The standard InChI is InChI=1S/C16H20FN3O2S/c1-19(10-14(21)22)11-4-3-8-20(9-7-11)16-18-13-6-2-5-12(17)15(13)23-16/h2,5-6,11H,3-4,7-10H2,1H3,(H,21,22). The molecule has 1 aliphatic heterocycles. The molecule has 1 fully saturated rings. The number of benzene rings is 1. The van der Waals surface area contributed by atoms with E-state index in [1.165, 1.54) is 17.4 Å². The normalized spacial score (nSPS) is 19.3. The van der Waals surface area contributed by atoms with E-state index in [-0.39, 0.29) is 18.4 Å². The van der Waals surface area contributed by atoms with Crippen molar-refractivity contribution in [2.45, 2.75) is 25.3 Å². The van der Waals surface area contributed by atoms with Crippen molar-refractivity contribution < 1.29 is 14.3 Å². The number of anilines is 1. The summed E-state index contributed by atoms with van der Waals surface area (Å²) >= 11 is 1.39. The maximum Gasteiger partial charge on any atom is 0.317 e. The smallest absolute Gasteiger partial charge is 0.317 e. The van der Waals surface area contributed by atoms with Crippen LogP contribution in [0.1, 0.15) is 19.3 Å². The first-order valence-corrected chi connectivity index (χ1v) is 8.58. The van der Waals surface area contributed by atoms with Gasteiger partial charge < -0.3 is 10.0 Å². The van der Waals surface area contributed by atoms with E-state index in [0.717, 1.165) is 37.5 Å². The van der Waals surface area contributed by atoms with Gasteiger partial charge in [0.25, 0.3) is 0 Å². The van der Waals surface area contributed by atoms with Crippen molar-refractivity contribution in [3.05, 3.63) is 24.0 Å². The van der Waals surface area contributed by atoms with E-state index in [2.05, 4.69) is 9.88 Å². The molecular weight excluding hydrogens is 317 g/mol. The van der Waals surface area contributed by atoms with Crippen LogP contribution in [0.15, 0.2) is 18.2 Å². The van der Waals surface area contributed by atoms with Crippen molar-refractivity contribution in [1.82, 2.24) is 9.88 Å². The van der Waals surface area contributed by atoms with Gasteiger partial charge in [-0.2, -0.15) is 0 Å². The second-order valence-corrected chi connectivity index (χ2v) is 6.94. The Hall–Kier alpha value is -1.73. The van der Waals surface area contributed by atoms with Gasteiger partial charge in [0.15, 0.2) is 5.13 Å².